The molecule has 0 unspecified atom stereocenters. The van der Waals surface area contributed by atoms with E-state index in [1.807, 2.05) is 47.4 Å². The fraction of sp³-hybridized carbons (Fsp3) is 0.400. The second kappa shape index (κ2) is 11.3. The van der Waals surface area contributed by atoms with Gasteiger partial charge in [0.05, 0.1) is 6.54 Å². The summed E-state index contributed by atoms with van der Waals surface area (Å²) in [4.78, 5) is 40.2. The average Bonchev–Trinajstić information content (AvgIpc) is 2.82. The van der Waals surface area contributed by atoms with Crippen LogP contribution in [0.3, 0.4) is 0 Å². The molecule has 0 bridgehead atoms. The molecule has 2 aromatic carbocycles. The minimum absolute atomic E-state index is 0.0465. The second-order valence-electron chi connectivity index (χ2n) is 8.32. The molecule has 1 aliphatic rings. The zero-order valence-corrected chi connectivity index (χ0v) is 18.9. The van der Waals surface area contributed by atoms with E-state index in [0.29, 0.717) is 24.1 Å². The Morgan fingerprint density at radius 2 is 1.66 bits per heavy atom. The molecule has 1 saturated heterocycles. The smallest absolute Gasteiger partial charge is 0.253 e. The van der Waals surface area contributed by atoms with Crippen molar-refractivity contribution in [3.05, 3.63) is 59.7 Å². The number of nitrogens with one attached hydrogen (secondary N) is 2. The zero-order chi connectivity index (χ0) is 22.9. The van der Waals surface area contributed by atoms with Crippen LogP contribution >= 0.6 is 0 Å². The van der Waals surface area contributed by atoms with Gasteiger partial charge < -0.3 is 20.4 Å². The van der Waals surface area contributed by atoms with Crippen LogP contribution in [0.15, 0.2) is 48.5 Å². The molecule has 0 radical (unpaired) electrons. The fourth-order valence-electron chi connectivity index (χ4n) is 3.66. The molecule has 0 atom stereocenters. The fourth-order valence-corrected chi connectivity index (χ4v) is 3.66. The first-order valence-corrected chi connectivity index (χ1v) is 11.1. The molecule has 7 nitrogen and oxygen atoms in total. The van der Waals surface area contributed by atoms with Crippen LogP contribution in [0, 0.1) is 0 Å². The number of hydrogen-bond acceptors (Lipinski definition) is 4. The van der Waals surface area contributed by atoms with Gasteiger partial charge in [0.15, 0.2) is 0 Å². The summed E-state index contributed by atoms with van der Waals surface area (Å²) in [6.45, 7) is 1.72. The van der Waals surface area contributed by atoms with E-state index < -0.39 is 0 Å². The molecule has 1 heterocycles. The average molecular weight is 437 g/mol. The predicted octanol–water partition coefficient (Wildman–Crippen LogP) is 3.38. The molecule has 3 rings (SSSR count). The molecule has 0 spiro atoms. The predicted molar refractivity (Wildman–Crippen MR) is 127 cm³/mol. The maximum Gasteiger partial charge on any atom is 0.253 e. The van der Waals surface area contributed by atoms with E-state index >= 15 is 0 Å². The molecule has 1 aliphatic heterocycles. The first-order chi connectivity index (χ1) is 15.4. The van der Waals surface area contributed by atoms with E-state index in [1.165, 1.54) is 6.42 Å². The molecular formula is C25H32N4O3. The summed E-state index contributed by atoms with van der Waals surface area (Å²) in [5.74, 6) is -0.0337. The van der Waals surface area contributed by atoms with Crippen LogP contribution in [0.4, 0.5) is 11.4 Å². The number of amides is 3. The van der Waals surface area contributed by atoms with Crippen LogP contribution < -0.4 is 10.6 Å². The number of piperidine rings is 1. The lowest BCUT2D eigenvalue weighted by molar-refractivity contribution is -0.128. The Balaban J connectivity index is 1.47. The summed E-state index contributed by atoms with van der Waals surface area (Å²) in [7, 11) is 3.50. The number of anilines is 2. The van der Waals surface area contributed by atoms with Crippen LogP contribution in [0.1, 0.15) is 41.6 Å². The third kappa shape index (κ3) is 6.83. The molecule has 0 aromatic heterocycles. The van der Waals surface area contributed by atoms with Crippen molar-refractivity contribution in [2.75, 3.05) is 44.4 Å². The molecule has 0 aliphatic carbocycles. The zero-order valence-electron chi connectivity index (χ0n) is 18.9. The first kappa shape index (κ1) is 23.3. The van der Waals surface area contributed by atoms with Gasteiger partial charge in [0.25, 0.3) is 5.91 Å². The number of likely N-dealkylation sites (tertiary alicyclic amines) is 1. The molecule has 32 heavy (non-hydrogen) atoms. The number of rotatable bonds is 8. The Bertz CT molecular complexity index is 934. The maximum absolute atomic E-state index is 12.7. The number of carbonyl (C=O) groups is 3. The minimum atomic E-state index is -0.173. The van der Waals surface area contributed by atoms with Gasteiger partial charge in [-0.1, -0.05) is 18.2 Å². The van der Waals surface area contributed by atoms with Gasteiger partial charge in [-0.2, -0.15) is 0 Å². The standard InChI is InChI=1S/C25H32N4O3/c1-28(2)24(31)14-11-19-9-12-21(13-10-19)27-23(30)18-26-22-8-6-7-20(17-22)25(32)29-15-4-3-5-16-29/h6-10,12-13,17,26H,3-5,11,14-16,18H2,1-2H3,(H,27,30). The Morgan fingerprint density at radius 1 is 0.938 bits per heavy atom. The van der Waals surface area contributed by atoms with E-state index in [0.717, 1.165) is 37.2 Å². The van der Waals surface area contributed by atoms with Crippen molar-refractivity contribution in [2.45, 2.75) is 32.1 Å². The van der Waals surface area contributed by atoms with Crippen LogP contribution in [0.5, 0.6) is 0 Å². The van der Waals surface area contributed by atoms with Crippen LogP contribution in [0.2, 0.25) is 0 Å². The lowest BCUT2D eigenvalue weighted by Gasteiger charge is -2.26. The van der Waals surface area contributed by atoms with E-state index in [4.69, 9.17) is 0 Å². The molecular weight excluding hydrogens is 404 g/mol. The van der Waals surface area contributed by atoms with E-state index in [9.17, 15) is 14.4 Å². The third-order valence-corrected chi connectivity index (χ3v) is 5.57. The van der Waals surface area contributed by atoms with E-state index in [1.54, 1.807) is 25.1 Å². The first-order valence-electron chi connectivity index (χ1n) is 11.1. The minimum Gasteiger partial charge on any atom is -0.376 e. The molecule has 7 heteroatoms. The van der Waals surface area contributed by atoms with Gasteiger partial charge in [-0.25, -0.2) is 0 Å². The van der Waals surface area contributed by atoms with Gasteiger partial charge in [-0.05, 0) is 61.6 Å². The highest BCUT2D eigenvalue weighted by atomic mass is 16.2. The van der Waals surface area contributed by atoms with Gasteiger partial charge in [-0.15, -0.1) is 0 Å². The topological polar surface area (TPSA) is 81.8 Å². The van der Waals surface area contributed by atoms with Crippen molar-refractivity contribution >= 4 is 29.1 Å². The lowest BCUT2D eigenvalue weighted by atomic mass is 10.1. The highest BCUT2D eigenvalue weighted by Gasteiger charge is 2.18. The van der Waals surface area contributed by atoms with Crippen LogP contribution in [-0.4, -0.2) is 61.3 Å². The van der Waals surface area contributed by atoms with Crippen molar-refractivity contribution < 1.29 is 14.4 Å². The van der Waals surface area contributed by atoms with Crippen molar-refractivity contribution in [3.63, 3.8) is 0 Å². The third-order valence-electron chi connectivity index (χ3n) is 5.57. The number of hydrogen-bond donors (Lipinski definition) is 2. The summed E-state index contributed by atoms with van der Waals surface area (Å²) >= 11 is 0. The molecule has 2 aromatic rings. The molecule has 0 saturated carbocycles. The summed E-state index contributed by atoms with van der Waals surface area (Å²) in [5.41, 5.74) is 3.13. The number of aryl methyl sites for hydroxylation is 1. The van der Waals surface area contributed by atoms with E-state index in [-0.39, 0.29) is 24.3 Å². The Kier molecular flexibility index (Phi) is 8.25. The highest BCUT2D eigenvalue weighted by Crippen LogP contribution is 2.17. The lowest BCUT2D eigenvalue weighted by Crippen LogP contribution is -2.35. The molecule has 170 valence electrons. The second-order valence-corrected chi connectivity index (χ2v) is 8.32. The van der Waals surface area contributed by atoms with Gasteiger partial charge in [-0.3, -0.25) is 14.4 Å². The number of benzene rings is 2. The van der Waals surface area contributed by atoms with Crippen LogP contribution in [0.25, 0.3) is 0 Å². The summed E-state index contributed by atoms with van der Waals surface area (Å²) < 4.78 is 0. The quantitative estimate of drug-likeness (QED) is 0.665. The highest BCUT2D eigenvalue weighted by molar-refractivity contribution is 5.96. The molecule has 2 N–H and O–H groups in total. The number of nitrogens with zero attached hydrogens (tertiary/aromatic N) is 2. The normalized spacial score (nSPS) is 13.4. The summed E-state index contributed by atoms with van der Waals surface area (Å²) in [6.07, 6.45) is 4.42. The summed E-state index contributed by atoms with van der Waals surface area (Å²) in [6, 6.07) is 14.8. The van der Waals surface area contributed by atoms with Crippen molar-refractivity contribution in [2.24, 2.45) is 0 Å². The maximum atomic E-state index is 12.7. The Morgan fingerprint density at radius 3 is 2.34 bits per heavy atom. The van der Waals surface area contributed by atoms with Gasteiger partial charge in [0, 0.05) is 50.5 Å². The van der Waals surface area contributed by atoms with Crippen molar-refractivity contribution in [3.8, 4) is 0 Å². The number of carbonyl (C=O) groups excluding carboxylic acids is 3. The van der Waals surface area contributed by atoms with Gasteiger partial charge in [0.1, 0.15) is 0 Å². The van der Waals surface area contributed by atoms with Crippen LogP contribution in [-0.2, 0) is 16.0 Å². The van der Waals surface area contributed by atoms with Gasteiger partial charge in [0.2, 0.25) is 11.8 Å². The Labute approximate surface area is 189 Å². The van der Waals surface area contributed by atoms with Crippen molar-refractivity contribution in [1.82, 2.24) is 9.80 Å². The van der Waals surface area contributed by atoms with Gasteiger partial charge >= 0.3 is 0 Å². The largest absolute Gasteiger partial charge is 0.376 e. The van der Waals surface area contributed by atoms with E-state index in [2.05, 4.69) is 10.6 Å². The SMILES string of the molecule is CN(C)C(=O)CCc1ccc(NC(=O)CNc2cccc(C(=O)N3CCCCC3)c2)cc1. The Hall–Kier alpha value is -3.35. The monoisotopic (exact) mass is 436 g/mol. The molecule has 3 amide bonds. The summed E-state index contributed by atoms with van der Waals surface area (Å²) in [5, 5.41) is 5.95. The van der Waals surface area contributed by atoms with Crippen molar-refractivity contribution in [1.29, 1.82) is 0 Å². The molecule has 1 fully saturated rings.